The van der Waals surface area contributed by atoms with Crippen molar-refractivity contribution in [3.8, 4) is 6.07 Å². The van der Waals surface area contributed by atoms with Crippen LogP contribution in [0.1, 0.15) is 59.8 Å². The lowest BCUT2D eigenvalue weighted by atomic mass is 9.70. The predicted octanol–water partition coefficient (Wildman–Crippen LogP) is 3.50. The molecule has 0 amide bonds. The van der Waals surface area contributed by atoms with Gasteiger partial charge in [-0.3, -0.25) is 0 Å². The SMILES string of the molecule is CCCNC(C#N)CCOC1CC2CCC1(C)C2(C)C. The van der Waals surface area contributed by atoms with Crippen LogP contribution in [0, 0.1) is 28.1 Å². The summed E-state index contributed by atoms with van der Waals surface area (Å²) < 4.78 is 6.20. The zero-order valence-corrected chi connectivity index (χ0v) is 13.5. The molecule has 2 aliphatic rings. The molecule has 4 unspecified atom stereocenters. The Bertz CT molecular complexity index is 374. The van der Waals surface area contributed by atoms with E-state index in [1.807, 2.05) is 0 Å². The second kappa shape index (κ2) is 6.03. The fourth-order valence-corrected chi connectivity index (χ4v) is 4.24. The van der Waals surface area contributed by atoms with Crippen LogP contribution in [0.2, 0.25) is 0 Å². The molecular formula is C17H30N2O. The maximum Gasteiger partial charge on any atom is 0.0975 e. The van der Waals surface area contributed by atoms with Crippen molar-refractivity contribution in [1.29, 1.82) is 5.26 Å². The van der Waals surface area contributed by atoms with Crippen LogP contribution in [0.4, 0.5) is 0 Å². The van der Waals surface area contributed by atoms with Gasteiger partial charge in [-0.2, -0.15) is 5.26 Å². The second-order valence-corrected chi connectivity index (χ2v) is 7.39. The third-order valence-corrected chi connectivity index (χ3v) is 6.24. The quantitative estimate of drug-likeness (QED) is 0.775. The van der Waals surface area contributed by atoms with E-state index in [-0.39, 0.29) is 6.04 Å². The monoisotopic (exact) mass is 278 g/mol. The molecule has 0 heterocycles. The number of nitrogens with one attached hydrogen (secondary N) is 1. The number of rotatable bonds is 7. The van der Waals surface area contributed by atoms with Gasteiger partial charge in [0.1, 0.15) is 0 Å². The molecule has 0 spiro atoms. The van der Waals surface area contributed by atoms with E-state index in [0.717, 1.165) is 25.3 Å². The largest absolute Gasteiger partial charge is 0.378 e. The molecular weight excluding hydrogens is 248 g/mol. The van der Waals surface area contributed by atoms with Crippen LogP contribution in [-0.4, -0.2) is 25.3 Å². The van der Waals surface area contributed by atoms with E-state index in [9.17, 15) is 0 Å². The predicted molar refractivity (Wildman–Crippen MR) is 81.3 cm³/mol. The van der Waals surface area contributed by atoms with E-state index in [1.54, 1.807) is 0 Å². The first kappa shape index (κ1) is 15.8. The number of fused-ring (bicyclic) bond motifs is 2. The topological polar surface area (TPSA) is 45.0 Å². The Kier molecular flexibility index (Phi) is 4.76. The highest BCUT2D eigenvalue weighted by Crippen LogP contribution is 2.66. The highest BCUT2D eigenvalue weighted by atomic mass is 16.5. The number of nitrogens with zero attached hydrogens (tertiary/aromatic N) is 1. The Balaban J connectivity index is 1.80. The van der Waals surface area contributed by atoms with Gasteiger partial charge in [0.05, 0.1) is 18.2 Å². The van der Waals surface area contributed by atoms with Crippen LogP contribution in [0.3, 0.4) is 0 Å². The average molecular weight is 278 g/mol. The van der Waals surface area contributed by atoms with Crippen molar-refractivity contribution in [2.75, 3.05) is 13.2 Å². The second-order valence-electron chi connectivity index (χ2n) is 7.39. The zero-order chi connectivity index (χ0) is 14.8. The van der Waals surface area contributed by atoms with E-state index in [4.69, 9.17) is 10.00 Å². The minimum Gasteiger partial charge on any atom is -0.378 e. The molecule has 0 aliphatic heterocycles. The summed E-state index contributed by atoms with van der Waals surface area (Å²) in [5, 5.41) is 12.4. The van der Waals surface area contributed by atoms with Crippen molar-refractivity contribution in [2.45, 2.75) is 71.9 Å². The summed E-state index contributed by atoms with van der Waals surface area (Å²) in [6, 6.07) is 2.27. The van der Waals surface area contributed by atoms with Gasteiger partial charge < -0.3 is 10.1 Å². The molecule has 20 heavy (non-hydrogen) atoms. The summed E-state index contributed by atoms with van der Waals surface area (Å²) in [6.07, 6.45) is 6.13. The van der Waals surface area contributed by atoms with Gasteiger partial charge in [-0.1, -0.05) is 27.7 Å². The third kappa shape index (κ3) is 2.61. The molecule has 0 aromatic heterocycles. The number of ether oxygens (including phenoxy) is 1. The van der Waals surface area contributed by atoms with Gasteiger partial charge in [0.2, 0.25) is 0 Å². The van der Waals surface area contributed by atoms with Gasteiger partial charge >= 0.3 is 0 Å². The Labute approximate surface area is 124 Å². The van der Waals surface area contributed by atoms with Crippen molar-refractivity contribution in [2.24, 2.45) is 16.7 Å². The minimum absolute atomic E-state index is 0.0608. The molecule has 0 saturated heterocycles. The number of nitriles is 1. The Morgan fingerprint density at radius 1 is 1.40 bits per heavy atom. The van der Waals surface area contributed by atoms with Crippen molar-refractivity contribution >= 4 is 0 Å². The highest BCUT2D eigenvalue weighted by Gasteiger charge is 2.61. The molecule has 0 aromatic carbocycles. The van der Waals surface area contributed by atoms with Gasteiger partial charge in [0.15, 0.2) is 0 Å². The molecule has 4 atom stereocenters. The van der Waals surface area contributed by atoms with E-state index in [1.165, 1.54) is 19.3 Å². The summed E-state index contributed by atoms with van der Waals surface area (Å²) in [5.74, 6) is 0.822. The van der Waals surface area contributed by atoms with Crippen LogP contribution >= 0.6 is 0 Å². The van der Waals surface area contributed by atoms with Gasteiger partial charge in [-0.25, -0.2) is 0 Å². The molecule has 1 N–H and O–H groups in total. The van der Waals surface area contributed by atoms with E-state index < -0.39 is 0 Å². The fraction of sp³-hybridized carbons (Fsp3) is 0.941. The molecule has 2 bridgehead atoms. The minimum atomic E-state index is -0.0608. The molecule has 2 fully saturated rings. The normalized spacial score (nSPS) is 36.0. The smallest absolute Gasteiger partial charge is 0.0975 e. The average Bonchev–Trinajstić information content (AvgIpc) is 2.75. The van der Waals surface area contributed by atoms with Crippen LogP contribution in [0.5, 0.6) is 0 Å². The number of hydrogen-bond acceptors (Lipinski definition) is 3. The first-order chi connectivity index (χ1) is 9.45. The molecule has 3 heteroatoms. The van der Waals surface area contributed by atoms with Gasteiger partial charge in [0.25, 0.3) is 0 Å². The third-order valence-electron chi connectivity index (χ3n) is 6.24. The lowest BCUT2D eigenvalue weighted by molar-refractivity contribution is -0.0479. The summed E-state index contributed by atoms with van der Waals surface area (Å²) in [7, 11) is 0. The summed E-state index contributed by atoms with van der Waals surface area (Å²) in [6.45, 7) is 11.0. The molecule has 0 radical (unpaired) electrons. The summed E-state index contributed by atoms with van der Waals surface area (Å²) in [4.78, 5) is 0. The van der Waals surface area contributed by atoms with Crippen LogP contribution in [0.15, 0.2) is 0 Å². The van der Waals surface area contributed by atoms with E-state index in [0.29, 0.717) is 23.5 Å². The molecule has 2 rings (SSSR count). The van der Waals surface area contributed by atoms with Crippen LogP contribution in [0.25, 0.3) is 0 Å². The van der Waals surface area contributed by atoms with Gasteiger partial charge in [0, 0.05) is 6.61 Å². The Morgan fingerprint density at radius 3 is 2.65 bits per heavy atom. The molecule has 3 nitrogen and oxygen atoms in total. The van der Waals surface area contributed by atoms with E-state index in [2.05, 4.69) is 39.1 Å². The standard InChI is InChI=1S/C17H30N2O/c1-5-9-19-14(12-18)7-10-20-15-11-13-6-8-17(15,4)16(13,2)3/h13-15,19H,5-11H2,1-4H3. The molecule has 114 valence electrons. The Hall–Kier alpha value is -0.590. The summed E-state index contributed by atoms with van der Waals surface area (Å²) in [5.41, 5.74) is 0.739. The van der Waals surface area contributed by atoms with Crippen molar-refractivity contribution in [3.63, 3.8) is 0 Å². The first-order valence-corrected chi connectivity index (χ1v) is 8.20. The van der Waals surface area contributed by atoms with Crippen molar-refractivity contribution < 1.29 is 4.74 Å². The zero-order valence-electron chi connectivity index (χ0n) is 13.5. The highest BCUT2D eigenvalue weighted by molar-refractivity contribution is 5.11. The fourth-order valence-electron chi connectivity index (χ4n) is 4.24. The molecule has 2 saturated carbocycles. The van der Waals surface area contributed by atoms with Gasteiger partial charge in [-0.15, -0.1) is 0 Å². The van der Waals surface area contributed by atoms with Gasteiger partial charge in [-0.05, 0) is 55.4 Å². The van der Waals surface area contributed by atoms with E-state index >= 15 is 0 Å². The lowest BCUT2D eigenvalue weighted by Gasteiger charge is -2.39. The maximum atomic E-state index is 9.12. The van der Waals surface area contributed by atoms with Crippen LogP contribution in [-0.2, 0) is 4.74 Å². The Morgan fingerprint density at radius 2 is 2.15 bits per heavy atom. The maximum absolute atomic E-state index is 9.12. The summed E-state index contributed by atoms with van der Waals surface area (Å²) >= 11 is 0. The van der Waals surface area contributed by atoms with Crippen molar-refractivity contribution in [1.82, 2.24) is 5.32 Å². The van der Waals surface area contributed by atoms with Crippen molar-refractivity contribution in [3.05, 3.63) is 0 Å². The molecule has 2 aliphatic carbocycles. The number of hydrogen-bond donors (Lipinski definition) is 1. The van der Waals surface area contributed by atoms with Crippen LogP contribution < -0.4 is 5.32 Å². The lowest BCUT2D eigenvalue weighted by Crippen LogP contribution is -2.38. The molecule has 0 aromatic rings. The first-order valence-electron chi connectivity index (χ1n) is 8.20.